The molecule has 186 valence electrons. The highest BCUT2D eigenvalue weighted by Crippen LogP contribution is 2.34. The highest BCUT2D eigenvalue weighted by atomic mass is 32.2. The summed E-state index contributed by atoms with van der Waals surface area (Å²) in [6, 6.07) is 27.1. The van der Waals surface area contributed by atoms with Crippen molar-refractivity contribution < 1.29 is 17.9 Å². The fourth-order valence-corrected chi connectivity index (χ4v) is 6.16. The predicted molar refractivity (Wildman–Crippen MR) is 140 cm³/mol. The largest absolute Gasteiger partial charge is 0.467 e. The smallest absolute Gasteiger partial charge is 0.328 e. The van der Waals surface area contributed by atoms with Gasteiger partial charge in [0, 0.05) is 16.8 Å². The van der Waals surface area contributed by atoms with E-state index in [2.05, 4.69) is 0 Å². The number of sulfone groups is 1. The van der Waals surface area contributed by atoms with E-state index in [4.69, 9.17) is 9.73 Å². The Kier molecular flexibility index (Phi) is 6.58. The highest BCUT2D eigenvalue weighted by molar-refractivity contribution is 7.91. The summed E-state index contributed by atoms with van der Waals surface area (Å²) in [7, 11) is -2.76. The van der Waals surface area contributed by atoms with E-state index >= 15 is 0 Å². The third kappa shape index (κ3) is 4.51. The molecule has 1 unspecified atom stereocenters. The molecule has 2 heterocycles. The van der Waals surface area contributed by atoms with E-state index in [1.165, 1.54) is 29.9 Å². The Hall–Kier alpha value is -4.30. The summed E-state index contributed by atoms with van der Waals surface area (Å²) < 4.78 is 33.7. The summed E-state index contributed by atoms with van der Waals surface area (Å²) in [5.41, 5.74) is 1.70. The monoisotopic (exact) mass is 512 g/mol. The van der Waals surface area contributed by atoms with E-state index in [0.717, 1.165) is 11.1 Å². The maximum atomic E-state index is 13.8. The lowest BCUT2D eigenvalue weighted by Gasteiger charge is -2.16. The number of carbonyl (C=O) groups excluding carboxylic acids is 1. The second kappa shape index (κ2) is 9.99. The molecule has 0 saturated heterocycles. The van der Waals surface area contributed by atoms with Crippen molar-refractivity contribution >= 4 is 27.2 Å². The molecule has 0 spiro atoms. The Morgan fingerprint density at radius 1 is 0.892 bits per heavy atom. The SMILES string of the molecule is COC(=O)C1CCc2c(S(=O)(=O)c3ccccc3)cc(N=C(c3ccccc3)c3ccccc3)c(=O)n21. The number of hydrogen-bond acceptors (Lipinski definition) is 6. The van der Waals surface area contributed by atoms with Crippen molar-refractivity contribution in [1.82, 2.24) is 4.57 Å². The number of fused-ring (bicyclic) bond motifs is 1. The van der Waals surface area contributed by atoms with Crippen LogP contribution in [0.3, 0.4) is 0 Å². The summed E-state index contributed by atoms with van der Waals surface area (Å²) in [6.45, 7) is 0. The fraction of sp³-hybridized carbons (Fsp3) is 0.138. The van der Waals surface area contributed by atoms with Gasteiger partial charge in [0.05, 0.1) is 22.6 Å². The first kappa shape index (κ1) is 24.4. The lowest BCUT2D eigenvalue weighted by Crippen LogP contribution is -2.29. The van der Waals surface area contributed by atoms with E-state index in [1.54, 1.807) is 18.2 Å². The zero-order valence-electron chi connectivity index (χ0n) is 20.1. The number of ether oxygens (including phenoxy) is 1. The molecule has 0 bridgehead atoms. The van der Waals surface area contributed by atoms with Gasteiger partial charge in [-0.15, -0.1) is 0 Å². The lowest BCUT2D eigenvalue weighted by atomic mass is 10.0. The molecule has 37 heavy (non-hydrogen) atoms. The average Bonchev–Trinajstić information content (AvgIpc) is 3.39. The Balaban J connectivity index is 1.81. The van der Waals surface area contributed by atoms with E-state index in [0.29, 0.717) is 5.71 Å². The Labute approximate surface area is 214 Å². The van der Waals surface area contributed by atoms with E-state index in [9.17, 15) is 18.0 Å². The van der Waals surface area contributed by atoms with Crippen molar-refractivity contribution in [3.05, 3.63) is 124 Å². The predicted octanol–water partition coefficient (Wildman–Crippen LogP) is 4.51. The highest BCUT2D eigenvalue weighted by Gasteiger charge is 2.36. The topological polar surface area (TPSA) is 94.8 Å². The van der Waals surface area contributed by atoms with E-state index < -0.39 is 27.4 Å². The first-order chi connectivity index (χ1) is 17.9. The summed E-state index contributed by atoms with van der Waals surface area (Å²) in [4.78, 5) is 31.1. The van der Waals surface area contributed by atoms with Gasteiger partial charge in [0.1, 0.15) is 11.7 Å². The zero-order chi connectivity index (χ0) is 26.0. The van der Waals surface area contributed by atoms with Crippen molar-refractivity contribution in [2.45, 2.75) is 28.7 Å². The molecule has 4 aromatic rings. The van der Waals surface area contributed by atoms with Crippen LogP contribution in [0.4, 0.5) is 5.69 Å². The second-order valence-corrected chi connectivity index (χ2v) is 10.5. The Bertz CT molecular complexity index is 1600. The van der Waals surface area contributed by atoms with Crippen molar-refractivity contribution in [3.63, 3.8) is 0 Å². The maximum Gasteiger partial charge on any atom is 0.328 e. The van der Waals surface area contributed by atoms with Crippen molar-refractivity contribution in [2.24, 2.45) is 4.99 Å². The Morgan fingerprint density at radius 2 is 1.43 bits per heavy atom. The number of aliphatic imine (C=N–C) groups is 1. The Morgan fingerprint density at radius 3 is 1.97 bits per heavy atom. The number of benzene rings is 3. The first-order valence-corrected chi connectivity index (χ1v) is 13.3. The molecule has 1 atom stereocenters. The number of carbonyl (C=O) groups is 1. The first-order valence-electron chi connectivity index (χ1n) is 11.8. The summed E-state index contributed by atoms with van der Waals surface area (Å²) in [5.74, 6) is -0.601. The van der Waals surface area contributed by atoms with Crippen LogP contribution in [0.1, 0.15) is 29.3 Å². The van der Waals surface area contributed by atoms with Crippen molar-refractivity contribution in [2.75, 3.05) is 7.11 Å². The fourth-order valence-electron chi connectivity index (χ4n) is 4.62. The molecule has 8 heteroatoms. The molecule has 0 N–H and O–H groups in total. The molecule has 1 aliphatic heterocycles. The van der Waals surface area contributed by atoms with Gasteiger partial charge >= 0.3 is 5.97 Å². The second-order valence-electron chi connectivity index (χ2n) is 8.60. The van der Waals surface area contributed by atoms with Gasteiger partial charge in [0.15, 0.2) is 0 Å². The summed E-state index contributed by atoms with van der Waals surface area (Å²) in [5, 5.41) is 0. The van der Waals surface area contributed by atoms with Crippen LogP contribution in [-0.2, 0) is 25.8 Å². The van der Waals surface area contributed by atoms with Gasteiger partial charge < -0.3 is 4.74 Å². The minimum Gasteiger partial charge on any atom is -0.467 e. The van der Waals surface area contributed by atoms with Crippen LogP contribution in [0.15, 0.2) is 117 Å². The lowest BCUT2D eigenvalue weighted by molar-refractivity contribution is -0.144. The van der Waals surface area contributed by atoms with Gasteiger partial charge in [0.2, 0.25) is 9.84 Å². The van der Waals surface area contributed by atoms with Gasteiger partial charge in [-0.2, -0.15) is 0 Å². The standard InChI is InChI=1S/C29H24N2O5S/c1-36-29(33)25-18-17-24-26(37(34,35)22-15-9-4-10-16-22)19-23(28(32)31(24)25)30-27(20-11-5-2-6-12-20)21-13-7-3-8-14-21/h2-16,19,25H,17-18H2,1H3. The minimum absolute atomic E-state index is 0.0380. The molecule has 3 aromatic carbocycles. The molecule has 7 nitrogen and oxygen atoms in total. The van der Waals surface area contributed by atoms with Gasteiger partial charge in [-0.3, -0.25) is 9.36 Å². The zero-order valence-corrected chi connectivity index (χ0v) is 20.9. The van der Waals surface area contributed by atoms with Crippen LogP contribution < -0.4 is 5.56 Å². The number of esters is 1. The van der Waals surface area contributed by atoms with Gasteiger partial charge in [-0.1, -0.05) is 78.9 Å². The van der Waals surface area contributed by atoms with Crippen LogP contribution in [0.25, 0.3) is 0 Å². The summed E-state index contributed by atoms with van der Waals surface area (Å²) in [6.07, 6.45) is 0.501. The molecule has 0 amide bonds. The minimum atomic E-state index is -4.01. The molecule has 1 aliphatic rings. The third-order valence-electron chi connectivity index (χ3n) is 6.39. The molecule has 5 rings (SSSR count). The van der Waals surface area contributed by atoms with Crippen LogP contribution in [-0.4, -0.2) is 31.8 Å². The van der Waals surface area contributed by atoms with Crippen LogP contribution >= 0.6 is 0 Å². The number of pyridine rings is 1. The number of methoxy groups -OCH3 is 1. The van der Waals surface area contributed by atoms with Gasteiger partial charge in [-0.25, -0.2) is 18.2 Å². The van der Waals surface area contributed by atoms with Gasteiger partial charge in [0.25, 0.3) is 5.56 Å². The average molecular weight is 513 g/mol. The maximum absolute atomic E-state index is 13.8. The van der Waals surface area contributed by atoms with Crippen LogP contribution in [0.5, 0.6) is 0 Å². The van der Waals surface area contributed by atoms with Gasteiger partial charge in [-0.05, 0) is 31.0 Å². The summed E-state index contributed by atoms with van der Waals surface area (Å²) >= 11 is 0. The molecule has 0 saturated carbocycles. The molecule has 1 aromatic heterocycles. The number of rotatable bonds is 6. The van der Waals surface area contributed by atoms with E-state index in [1.807, 2.05) is 60.7 Å². The van der Waals surface area contributed by atoms with Crippen molar-refractivity contribution in [3.8, 4) is 0 Å². The molecule has 0 aliphatic carbocycles. The molecule has 0 radical (unpaired) electrons. The van der Waals surface area contributed by atoms with E-state index in [-0.39, 0.29) is 34.0 Å². The van der Waals surface area contributed by atoms with Crippen LogP contribution in [0.2, 0.25) is 0 Å². The third-order valence-corrected chi connectivity index (χ3v) is 8.22. The molecular formula is C29H24N2O5S. The normalized spacial score (nSPS) is 14.6. The van der Waals surface area contributed by atoms with Crippen LogP contribution in [0, 0.1) is 0 Å². The molecular weight excluding hydrogens is 488 g/mol. The quantitative estimate of drug-likeness (QED) is 0.280. The number of hydrogen-bond donors (Lipinski definition) is 0. The number of nitrogens with zero attached hydrogens (tertiary/aromatic N) is 2. The molecule has 0 fully saturated rings. The number of aromatic nitrogens is 1. The van der Waals surface area contributed by atoms with Crippen molar-refractivity contribution in [1.29, 1.82) is 0 Å².